The Hall–Kier alpha value is -1.18. The molecule has 1 N–H and O–H groups in total. The topological polar surface area (TPSA) is 64.0 Å². The molecule has 0 aliphatic carbocycles. The predicted molar refractivity (Wildman–Crippen MR) is 80.6 cm³/mol. The third-order valence-corrected chi connectivity index (χ3v) is 6.26. The van der Waals surface area contributed by atoms with Gasteiger partial charge in [-0.1, -0.05) is 0 Å². The maximum atomic E-state index is 12.1. The lowest BCUT2D eigenvalue weighted by Crippen LogP contribution is -2.25. The molecule has 5 nitrogen and oxygen atoms in total. The van der Waals surface area contributed by atoms with Crippen LogP contribution in [0, 0.1) is 20.8 Å². The zero-order valence-corrected chi connectivity index (χ0v) is 13.7. The summed E-state index contributed by atoms with van der Waals surface area (Å²) in [5.41, 5.74) is 3.14. The molecule has 0 radical (unpaired) electrons. The van der Waals surface area contributed by atoms with Gasteiger partial charge in [-0.15, -0.1) is 11.3 Å². The van der Waals surface area contributed by atoms with Crippen LogP contribution in [0.5, 0.6) is 0 Å². The van der Waals surface area contributed by atoms with Gasteiger partial charge < -0.3 is 0 Å². The number of nitrogens with one attached hydrogen (secondary N) is 1. The van der Waals surface area contributed by atoms with Crippen LogP contribution in [0.25, 0.3) is 0 Å². The quantitative estimate of drug-likeness (QED) is 0.917. The van der Waals surface area contributed by atoms with Crippen molar-refractivity contribution in [3.63, 3.8) is 0 Å². The normalized spacial score (nSPS) is 12.0. The molecule has 0 amide bonds. The maximum absolute atomic E-state index is 12.1. The zero-order valence-electron chi connectivity index (χ0n) is 12.1. The molecule has 0 saturated heterocycles. The second-order valence-corrected chi connectivity index (χ2v) is 8.07. The van der Waals surface area contributed by atoms with Gasteiger partial charge in [0.25, 0.3) is 0 Å². The minimum absolute atomic E-state index is 0.370. The Kier molecular flexibility index (Phi) is 4.31. The average Bonchev–Trinajstić information content (AvgIpc) is 2.89. The monoisotopic (exact) mass is 313 g/mol. The Morgan fingerprint density at radius 3 is 2.50 bits per heavy atom. The van der Waals surface area contributed by atoms with Gasteiger partial charge in [0.1, 0.15) is 4.21 Å². The fraction of sp³-hybridized carbons (Fsp3) is 0.462. The van der Waals surface area contributed by atoms with Crippen molar-refractivity contribution < 1.29 is 8.42 Å². The molecule has 0 saturated carbocycles. The van der Waals surface area contributed by atoms with Crippen molar-refractivity contribution in [2.24, 2.45) is 7.05 Å². The van der Waals surface area contributed by atoms with E-state index in [4.69, 9.17) is 0 Å². The molecule has 2 rings (SSSR count). The van der Waals surface area contributed by atoms with Crippen LogP contribution in [0.15, 0.2) is 16.3 Å². The molecule has 2 aromatic rings. The van der Waals surface area contributed by atoms with Gasteiger partial charge in [0.05, 0.1) is 5.69 Å². The largest absolute Gasteiger partial charge is 0.272 e. The molecule has 0 spiro atoms. The van der Waals surface area contributed by atoms with Crippen molar-refractivity contribution in [3.05, 3.63) is 34.0 Å². The van der Waals surface area contributed by atoms with Crippen LogP contribution in [0.4, 0.5) is 0 Å². The number of sulfonamides is 1. The molecule has 0 aliphatic heterocycles. The Labute approximate surface area is 123 Å². The number of aromatic nitrogens is 2. The Morgan fingerprint density at radius 1 is 1.30 bits per heavy atom. The number of aryl methyl sites for hydroxylation is 3. The smallest absolute Gasteiger partial charge is 0.250 e. The van der Waals surface area contributed by atoms with Crippen molar-refractivity contribution in [2.75, 3.05) is 6.54 Å². The SMILES string of the molecule is Cc1ccc(S(=O)(=O)NCCc2c(C)nn(C)c2C)s1. The van der Waals surface area contributed by atoms with E-state index in [0.29, 0.717) is 17.2 Å². The van der Waals surface area contributed by atoms with Crippen LogP contribution in [0.1, 0.15) is 21.8 Å². The molecule has 0 fully saturated rings. The predicted octanol–water partition coefficient (Wildman–Crippen LogP) is 1.93. The molecule has 110 valence electrons. The molecular weight excluding hydrogens is 294 g/mol. The van der Waals surface area contributed by atoms with Crippen LogP contribution in [-0.4, -0.2) is 24.7 Å². The van der Waals surface area contributed by atoms with E-state index >= 15 is 0 Å². The van der Waals surface area contributed by atoms with Gasteiger partial charge >= 0.3 is 0 Å². The first kappa shape index (κ1) is 15.2. The van der Waals surface area contributed by atoms with E-state index in [-0.39, 0.29) is 0 Å². The molecule has 0 aromatic carbocycles. The van der Waals surface area contributed by atoms with Gasteiger partial charge in [0.15, 0.2) is 0 Å². The van der Waals surface area contributed by atoms with Crippen molar-refractivity contribution >= 4 is 21.4 Å². The van der Waals surface area contributed by atoms with E-state index in [1.165, 1.54) is 11.3 Å². The van der Waals surface area contributed by atoms with Crippen LogP contribution < -0.4 is 4.72 Å². The Morgan fingerprint density at radius 2 is 2.00 bits per heavy atom. The van der Waals surface area contributed by atoms with Gasteiger partial charge in [-0.05, 0) is 44.9 Å². The summed E-state index contributed by atoms with van der Waals surface area (Å²) in [6, 6.07) is 3.46. The maximum Gasteiger partial charge on any atom is 0.250 e. The van der Waals surface area contributed by atoms with Crippen LogP contribution in [-0.2, 0) is 23.5 Å². The van der Waals surface area contributed by atoms with E-state index in [1.807, 2.05) is 38.6 Å². The van der Waals surface area contributed by atoms with Crippen LogP contribution in [0.2, 0.25) is 0 Å². The first-order valence-electron chi connectivity index (χ1n) is 6.36. The Balaban J connectivity index is 2.03. The standard InChI is InChI=1S/C13H19N3O2S2/c1-9-5-6-13(19-9)20(17,18)14-8-7-12-10(2)15-16(4)11(12)3/h5-6,14H,7-8H2,1-4H3. The average molecular weight is 313 g/mol. The number of rotatable bonds is 5. The van der Waals surface area contributed by atoms with Crippen LogP contribution >= 0.6 is 11.3 Å². The first-order chi connectivity index (χ1) is 9.31. The van der Waals surface area contributed by atoms with Crippen LogP contribution in [0.3, 0.4) is 0 Å². The third kappa shape index (κ3) is 3.11. The molecule has 2 aromatic heterocycles. The number of thiophene rings is 1. The second kappa shape index (κ2) is 5.67. The fourth-order valence-electron chi connectivity index (χ4n) is 2.12. The molecule has 0 unspecified atom stereocenters. The van der Waals surface area contributed by atoms with Gasteiger partial charge in [-0.25, -0.2) is 13.1 Å². The molecular formula is C13H19N3O2S2. The molecule has 20 heavy (non-hydrogen) atoms. The van der Waals surface area contributed by atoms with Crippen molar-refractivity contribution in [3.8, 4) is 0 Å². The summed E-state index contributed by atoms with van der Waals surface area (Å²) in [7, 11) is -1.49. The number of hydrogen-bond acceptors (Lipinski definition) is 4. The molecule has 2 heterocycles. The highest BCUT2D eigenvalue weighted by molar-refractivity contribution is 7.91. The lowest BCUT2D eigenvalue weighted by molar-refractivity contribution is 0.583. The zero-order chi connectivity index (χ0) is 14.9. The van der Waals surface area contributed by atoms with Crippen molar-refractivity contribution in [2.45, 2.75) is 31.4 Å². The number of nitrogens with zero attached hydrogens (tertiary/aromatic N) is 2. The summed E-state index contributed by atoms with van der Waals surface area (Å²) in [5, 5.41) is 4.33. The van der Waals surface area contributed by atoms with Crippen molar-refractivity contribution in [1.82, 2.24) is 14.5 Å². The summed E-state index contributed by atoms with van der Waals surface area (Å²) < 4.78 is 29.0. The molecule has 0 aliphatic rings. The lowest BCUT2D eigenvalue weighted by atomic mass is 10.1. The van der Waals surface area contributed by atoms with E-state index in [2.05, 4.69) is 9.82 Å². The third-order valence-electron chi connectivity index (χ3n) is 3.31. The van der Waals surface area contributed by atoms with Gasteiger partial charge in [-0.3, -0.25) is 4.68 Å². The first-order valence-corrected chi connectivity index (χ1v) is 8.66. The minimum atomic E-state index is -3.39. The highest BCUT2D eigenvalue weighted by atomic mass is 32.2. The van der Waals surface area contributed by atoms with Gasteiger partial charge in [0, 0.05) is 24.2 Å². The highest BCUT2D eigenvalue weighted by Gasteiger charge is 2.16. The molecule has 7 heteroatoms. The molecule has 0 bridgehead atoms. The highest BCUT2D eigenvalue weighted by Crippen LogP contribution is 2.20. The van der Waals surface area contributed by atoms with Gasteiger partial charge in [0.2, 0.25) is 10.0 Å². The summed E-state index contributed by atoms with van der Waals surface area (Å²) >= 11 is 1.28. The lowest BCUT2D eigenvalue weighted by Gasteiger charge is -2.05. The fourth-order valence-corrected chi connectivity index (χ4v) is 4.48. The van der Waals surface area contributed by atoms with E-state index < -0.39 is 10.0 Å². The second-order valence-electron chi connectivity index (χ2n) is 4.79. The summed E-state index contributed by atoms with van der Waals surface area (Å²) in [6.45, 7) is 6.21. The Bertz CT molecular complexity index is 714. The van der Waals surface area contributed by atoms with Gasteiger partial charge in [-0.2, -0.15) is 5.10 Å². The summed E-state index contributed by atoms with van der Waals surface area (Å²) in [6.07, 6.45) is 0.648. The van der Waals surface area contributed by atoms with E-state index in [0.717, 1.165) is 21.8 Å². The van der Waals surface area contributed by atoms with Crippen molar-refractivity contribution in [1.29, 1.82) is 0 Å². The summed E-state index contributed by atoms with van der Waals surface area (Å²) in [5.74, 6) is 0. The minimum Gasteiger partial charge on any atom is -0.272 e. The molecule has 0 atom stereocenters. The summed E-state index contributed by atoms with van der Waals surface area (Å²) in [4.78, 5) is 0.990. The number of hydrogen-bond donors (Lipinski definition) is 1. The van der Waals surface area contributed by atoms with E-state index in [9.17, 15) is 8.42 Å². The van der Waals surface area contributed by atoms with E-state index in [1.54, 1.807) is 6.07 Å².